The van der Waals surface area contributed by atoms with Gasteiger partial charge in [0.15, 0.2) is 5.11 Å². The summed E-state index contributed by atoms with van der Waals surface area (Å²) in [5.41, 5.74) is 1.02. The van der Waals surface area contributed by atoms with E-state index in [9.17, 15) is 19.5 Å². The number of hydrogen-bond acceptors (Lipinski definition) is 5. The zero-order valence-electron chi connectivity index (χ0n) is 13.9. The molecule has 0 aliphatic carbocycles. The van der Waals surface area contributed by atoms with E-state index in [0.29, 0.717) is 5.56 Å². The van der Waals surface area contributed by atoms with Gasteiger partial charge in [-0.1, -0.05) is 36.4 Å². The molecule has 1 heterocycles. The molecule has 2 aromatic carbocycles. The summed E-state index contributed by atoms with van der Waals surface area (Å²) < 4.78 is 5.61. The summed E-state index contributed by atoms with van der Waals surface area (Å²) in [6, 6.07) is 13.7. The number of carbonyl (C=O) groups excluding carboxylic acids is 2. The van der Waals surface area contributed by atoms with Crippen LogP contribution < -0.4 is 15.4 Å². The number of hydrogen-bond donors (Lipinski definition) is 3. The van der Waals surface area contributed by atoms with Crippen LogP contribution in [0.5, 0.6) is 5.75 Å². The van der Waals surface area contributed by atoms with E-state index >= 15 is 0 Å². The Morgan fingerprint density at radius 1 is 1.07 bits per heavy atom. The van der Waals surface area contributed by atoms with Gasteiger partial charge in [-0.15, -0.1) is 0 Å². The minimum atomic E-state index is -1.18. The van der Waals surface area contributed by atoms with E-state index in [1.807, 2.05) is 30.3 Å². The third-order valence-electron chi connectivity index (χ3n) is 3.73. The van der Waals surface area contributed by atoms with Crippen LogP contribution in [0, 0.1) is 0 Å². The molecule has 0 radical (unpaired) electrons. The maximum absolute atomic E-state index is 11.9. The van der Waals surface area contributed by atoms with Crippen LogP contribution in [0.3, 0.4) is 0 Å². The van der Waals surface area contributed by atoms with Gasteiger partial charge < -0.3 is 9.84 Å². The maximum Gasteiger partial charge on any atom is 0.339 e. The Kier molecular flexibility index (Phi) is 5.28. The SMILES string of the molecule is O=C1NC(=S)NC(=O)C1=Cc1ccc(OCc2ccccc2)c(C(=O)O)c1. The highest BCUT2D eigenvalue weighted by molar-refractivity contribution is 7.80. The van der Waals surface area contributed by atoms with E-state index in [1.165, 1.54) is 18.2 Å². The Labute approximate surface area is 159 Å². The number of ether oxygens (including phenoxy) is 1. The molecule has 3 N–H and O–H groups in total. The number of benzene rings is 2. The van der Waals surface area contributed by atoms with Gasteiger partial charge in [0, 0.05) is 0 Å². The fourth-order valence-electron chi connectivity index (χ4n) is 2.44. The molecule has 0 bridgehead atoms. The summed E-state index contributed by atoms with van der Waals surface area (Å²) in [4.78, 5) is 35.4. The molecule has 0 atom stereocenters. The van der Waals surface area contributed by atoms with E-state index < -0.39 is 17.8 Å². The lowest BCUT2D eigenvalue weighted by molar-refractivity contribution is -0.123. The van der Waals surface area contributed by atoms with Crippen molar-refractivity contribution in [3.8, 4) is 5.75 Å². The van der Waals surface area contributed by atoms with Gasteiger partial charge in [0.1, 0.15) is 23.5 Å². The fourth-order valence-corrected chi connectivity index (χ4v) is 2.62. The molecule has 3 rings (SSSR count). The molecule has 0 aromatic heterocycles. The highest BCUT2D eigenvalue weighted by Crippen LogP contribution is 2.23. The highest BCUT2D eigenvalue weighted by Gasteiger charge is 2.25. The fraction of sp³-hybridized carbons (Fsp3) is 0.0526. The predicted molar refractivity (Wildman–Crippen MR) is 101 cm³/mol. The second-order valence-corrected chi connectivity index (χ2v) is 6.04. The van der Waals surface area contributed by atoms with Crippen LogP contribution in [0.4, 0.5) is 0 Å². The first-order valence-electron chi connectivity index (χ1n) is 7.86. The number of carboxylic acid groups (broad SMARTS) is 1. The van der Waals surface area contributed by atoms with Crippen molar-refractivity contribution in [2.45, 2.75) is 6.61 Å². The molecule has 1 aliphatic heterocycles. The van der Waals surface area contributed by atoms with Crippen molar-refractivity contribution in [1.82, 2.24) is 10.6 Å². The normalized spacial score (nSPS) is 13.6. The summed E-state index contributed by atoms with van der Waals surface area (Å²) in [5, 5.41) is 14.0. The Balaban J connectivity index is 1.86. The molecule has 8 heteroatoms. The molecule has 0 saturated carbocycles. The topological polar surface area (TPSA) is 105 Å². The summed E-state index contributed by atoms with van der Waals surface area (Å²) >= 11 is 4.73. The van der Waals surface area contributed by atoms with Gasteiger partial charge in [0.2, 0.25) is 0 Å². The molecule has 1 saturated heterocycles. The Bertz CT molecular complexity index is 947. The third kappa shape index (κ3) is 4.36. The zero-order valence-corrected chi connectivity index (χ0v) is 14.7. The van der Waals surface area contributed by atoms with Gasteiger partial charge in [0.05, 0.1) is 0 Å². The first kappa shape index (κ1) is 18.3. The summed E-state index contributed by atoms with van der Waals surface area (Å²) in [7, 11) is 0. The van der Waals surface area contributed by atoms with Crippen molar-refractivity contribution in [3.05, 3.63) is 70.8 Å². The second kappa shape index (κ2) is 7.79. The molecule has 1 fully saturated rings. The average molecular weight is 382 g/mol. The molecular weight excluding hydrogens is 368 g/mol. The highest BCUT2D eigenvalue weighted by atomic mass is 32.1. The van der Waals surface area contributed by atoms with E-state index in [0.717, 1.165) is 5.56 Å². The molecule has 2 aromatic rings. The van der Waals surface area contributed by atoms with E-state index in [2.05, 4.69) is 10.6 Å². The van der Waals surface area contributed by atoms with Crippen molar-refractivity contribution in [1.29, 1.82) is 0 Å². The number of rotatable bonds is 5. The smallest absolute Gasteiger partial charge is 0.339 e. The summed E-state index contributed by atoms with van der Waals surface area (Å²) in [5.74, 6) is -2.29. The largest absolute Gasteiger partial charge is 0.488 e. The molecular formula is C19H14N2O5S. The van der Waals surface area contributed by atoms with Gasteiger partial charge in [-0.2, -0.15) is 0 Å². The first-order valence-corrected chi connectivity index (χ1v) is 8.27. The molecule has 27 heavy (non-hydrogen) atoms. The number of amides is 2. The molecule has 136 valence electrons. The standard InChI is InChI=1S/C19H14N2O5S/c22-16-14(17(23)21-19(27)20-16)9-12-6-7-15(13(8-12)18(24)25)26-10-11-4-2-1-3-5-11/h1-9H,10H2,(H,24,25)(H2,20,21,22,23,27). The molecule has 2 amide bonds. The average Bonchev–Trinajstić information content (AvgIpc) is 2.64. The van der Waals surface area contributed by atoms with Crippen molar-refractivity contribution < 1.29 is 24.2 Å². The number of carbonyl (C=O) groups is 3. The second-order valence-electron chi connectivity index (χ2n) is 5.63. The monoisotopic (exact) mass is 382 g/mol. The van der Waals surface area contributed by atoms with Crippen LogP contribution in [0.15, 0.2) is 54.1 Å². The molecule has 0 spiro atoms. The van der Waals surface area contributed by atoms with Gasteiger partial charge in [-0.05, 0) is 41.6 Å². The minimum Gasteiger partial charge on any atom is -0.488 e. The molecule has 1 aliphatic rings. The van der Waals surface area contributed by atoms with Crippen molar-refractivity contribution >= 4 is 41.2 Å². The molecule has 0 unspecified atom stereocenters. The van der Waals surface area contributed by atoms with Crippen molar-refractivity contribution in [2.24, 2.45) is 0 Å². The number of carboxylic acids is 1. The Morgan fingerprint density at radius 2 is 1.74 bits per heavy atom. The Morgan fingerprint density at radius 3 is 2.37 bits per heavy atom. The summed E-state index contributed by atoms with van der Waals surface area (Å²) in [6.45, 7) is 0.212. The van der Waals surface area contributed by atoms with E-state index in [-0.39, 0.29) is 28.6 Å². The van der Waals surface area contributed by atoms with Crippen LogP contribution in [0.2, 0.25) is 0 Å². The van der Waals surface area contributed by atoms with Gasteiger partial charge in [-0.3, -0.25) is 20.2 Å². The van der Waals surface area contributed by atoms with Gasteiger partial charge >= 0.3 is 5.97 Å². The van der Waals surface area contributed by atoms with Crippen molar-refractivity contribution in [3.63, 3.8) is 0 Å². The molecule has 7 nitrogen and oxygen atoms in total. The van der Waals surface area contributed by atoms with Gasteiger partial charge in [0.25, 0.3) is 11.8 Å². The summed E-state index contributed by atoms with van der Waals surface area (Å²) in [6.07, 6.45) is 1.29. The van der Waals surface area contributed by atoms with Crippen LogP contribution in [0.25, 0.3) is 6.08 Å². The number of aromatic carboxylic acids is 1. The van der Waals surface area contributed by atoms with Crippen LogP contribution in [-0.2, 0) is 16.2 Å². The number of nitrogens with one attached hydrogen (secondary N) is 2. The van der Waals surface area contributed by atoms with Crippen LogP contribution in [0.1, 0.15) is 21.5 Å². The number of thiocarbonyl (C=S) groups is 1. The van der Waals surface area contributed by atoms with Crippen LogP contribution in [-0.4, -0.2) is 28.0 Å². The lowest BCUT2D eigenvalue weighted by Gasteiger charge is -2.16. The third-order valence-corrected chi connectivity index (χ3v) is 3.93. The lowest BCUT2D eigenvalue weighted by atomic mass is 10.0. The van der Waals surface area contributed by atoms with E-state index in [4.69, 9.17) is 17.0 Å². The first-order chi connectivity index (χ1) is 12.9. The van der Waals surface area contributed by atoms with E-state index in [1.54, 1.807) is 6.07 Å². The Hall–Kier alpha value is -3.52. The van der Waals surface area contributed by atoms with Crippen LogP contribution >= 0.6 is 12.2 Å². The predicted octanol–water partition coefficient (Wildman–Crippen LogP) is 1.88. The van der Waals surface area contributed by atoms with Crippen molar-refractivity contribution in [2.75, 3.05) is 0 Å². The quantitative estimate of drug-likeness (QED) is 0.414. The zero-order chi connectivity index (χ0) is 19.4. The lowest BCUT2D eigenvalue weighted by Crippen LogP contribution is -2.51. The van der Waals surface area contributed by atoms with Gasteiger partial charge in [-0.25, -0.2) is 4.79 Å². The minimum absolute atomic E-state index is 0.0713. The maximum atomic E-state index is 11.9.